The molecule has 0 fully saturated rings. The topological polar surface area (TPSA) is 39.1 Å². The standard InChI is InChI=1S/C21H16BrN3OS/c1-26-19-9-8-13(22)11-14(19)18-12-16(20-7-4-10-27-20)24-21-23-15-5-2-3-6-17(15)25(18)21/h2-12,18H,1H3,(H,23,24)/t18-/m0/s1. The third-order valence-corrected chi connectivity index (χ3v) is 6.14. The summed E-state index contributed by atoms with van der Waals surface area (Å²) in [5.41, 5.74) is 4.22. The van der Waals surface area contributed by atoms with Crippen LogP contribution in [-0.4, -0.2) is 16.7 Å². The Hall–Kier alpha value is -2.57. The van der Waals surface area contributed by atoms with E-state index < -0.39 is 0 Å². The molecule has 6 heteroatoms. The first-order chi connectivity index (χ1) is 13.2. The highest BCUT2D eigenvalue weighted by Gasteiger charge is 2.27. The van der Waals surface area contributed by atoms with Gasteiger partial charge in [0, 0.05) is 10.0 Å². The molecule has 5 rings (SSSR count). The van der Waals surface area contributed by atoms with E-state index in [1.807, 2.05) is 30.3 Å². The molecule has 4 nitrogen and oxygen atoms in total. The molecule has 1 N–H and O–H groups in total. The number of aromatic nitrogens is 2. The average Bonchev–Trinajstić information content (AvgIpc) is 3.35. The second-order valence-electron chi connectivity index (χ2n) is 6.31. The van der Waals surface area contributed by atoms with Crippen LogP contribution in [0.5, 0.6) is 5.75 Å². The third kappa shape index (κ3) is 2.76. The number of hydrogen-bond donors (Lipinski definition) is 1. The number of anilines is 1. The zero-order valence-corrected chi connectivity index (χ0v) is 16.9. The number of allylic oxidation sites excluding steroid dienone is 1. The lowest BCUT2D eigenvalue weighted by Crippen LogP contribution is -2.19. The van der Waals surface area contributed by atoms with Crippen molar-refractivity contribution in [1.29, 1.82) is 0 Å². The minimum Gasteiger partial charge on any atom is -0.496 e. The van der Waals surface area contributed by atoms with Crippen molar-refractivity contribution in [3.05, 3.63) is 81.0 Å². The Morgan fingerprint density at radius 2 is 2.04 bits per heavy atom. The number of hydrogen-bond acceptors (Lipinski definition) is 4. The smallest absolute Gasteiger partial charge is 0.209 e. The highest BCUT2D eigenvalue weighted by molar-refractivity contribution is 9.10. The van der Waals surface area contributed by atoms with Gasteiger partial charge in [0.15, 0.2) is 0 Å². The maximum Gasteiger partial charge on any atom is 0.209 e. The number of nitrogens with one attached hydrogen (secondary N) is 1. The van der Waals surface area contributed by atoms with Crippen LogP contribution in [0.3, 0.4) is 0 Å². The normalized spacial score (nSPS) is 15.9. The summed E-state index contributed by atoms with van der Waals surface area (Å²) in [7, 11) is 1.71. The summed E-state index contributed by atoms with van der Waals surface area (Å²) in [4.78, 5) is 6.02. The number of benzene rings is 2. The van der Waals surface area contributed by atoms with Gasteiger partial charge in [-0.3, -0.25) is 4.57 Å². The second kappa shape index (κ2) is 6.55. The fourth-order valence-corrected chi connectivity index (χ4v) is 4.64. The monoisotopic (exact) mass is 437 g/mol. The molecule has 0 saturated carbocycles. The fourth-order valence-electron chi connectivity index (χ4n) is 3.55. The van der Waals surface area contributed by atoms with E-state index in [0.29, 0.717) is 0 Å². The molecule has 1 aliphatic heterocycles. The summed E-state index contributed by atoms with van der Waals surface area (Å²) >= 11 is 5.32. The summed E-state index contributed by atoms with van der Waals surface area (Å²) in [5.74, 6) is 1.70. The van der Waals surface area contributed by atoms with E-state index in [2.05, 4.69) is 61.5 Å². The number of fused-ring (bicyclic) bond motifs is 3. The highest BCUT2D eigenvalue weighted by atomic mass is 79.9. The summed E-state index contributed by atoms with van der Waals surface area (Å²) in [5, 5.41) is 5.60. The van der Waals surface area contributed by atoms with E-state index in [1.165, 1.54) is 4.88 Å². The van der Waals surface area contributed by atoms with Gasteiger partial charge < -0.3 is 10.1 Å². The van der Waals surface area contributed by atoms with Gasteiger partial charge in [-0.2, -0.15) is 0 Å². The predicted octanol–water partition coefficient (Wildman–Crippen LogP) is 5.92. The molecule has 0 spiro atoms. The number of methoxy groups -OCH3 is 1. The van der Waals surface area contributed by atoms with Crippen LogP contribution < -0.4 is 10.1 Å². The Labute approximate surface area is 169 Å². The molecule has 4 aromatic rings. The van der Waals surface area contributed by atoms with E-state index >= 15 is 0 Å². The van der Waals surface area contributed by atoms with Gasteiger partial charge in [0.1, 0.15) is 5.75 Å². The lowest BCUT2D eigenvalue weighted by molar-refractivity contribution is 0.406. The number of para-hydroxylation sites is 2. The minimum atomic E-state index is -0.0294. The van der Waals surface area contributed by atoms with Crippen LogP contribution in [0.1, 0.15) is 16.5 Å². The first-order valence-corrected chi connectivity index (χ1v) is 10.2. The van der Waals surface area contributed by atoms with Gasteiger partial charge in [0.25, 0.3) is 0 Å². The highest BCUT2D eigenvalue weighted by Crippen LogP contribution is 2.41. The molecule has 2 aromatic heterocycles. The lowest BCUT2D eigenvalue weighted by atomic mass is 10.0. The Balaban J connectivity index is 1.78. The molecule has 1 aliphatic rings. The molecule has 0 amide bonds. The van der Waals surface area contributed by atoms with Crippen molar-refractivity contribution >= 4 is 49.9 Å². The maximum absolute atomic E-state index is 5.68. The van der Waals surface area contributed by atoms with Crippen LogP contribution in [-0.2, 0) is 0 Å². The van der Waals surface area contributed by atoms with Gasteiger partial charge in [0.05, 0.1) is 34.8 Å². The van der Waals surface area contributed by atoms with Crippen LogP contribution >= 0.6 is 27.3 Å². The lowest BCUT2D eigenvalue weighted by Gasteiger charge is -2.27. The van der Waals surface area contributed by atoms with Gasteiger partial charge in [-0.05, 0) is 47.9 Å². The van der Waals surface area contributed by atoms with Crippen molar-refractivity contribution < 1.29 is 4.74 Å². The number of halogens is 1. The molecule has 0 bridgehead atoms. The molecule has 3 heterocycles. The molecular weight excluding hydrogens is 422 g/mol. The molecule has 0 radical (unpaired) electrons. The Morgan fingerprint density at radius 3 is 2.85 bits per heavy atom. The molecule has 0 unspecified atom stereocenters. The first-order valence-electron chi connectivity index (χ1n) is 8.58. The Kier molecular flexibility index (Phi) is 4.02. The van der Waals surface area contributed by atoms with E-state index in [9.17, 15) is 0 Å². The molecule has 1 atom stereocenters. The average molecular weight is 438 g/mol. The zero-order valence-electron chi connectivity index (χ0n) is 14.5. The fraction of sp³-hybridized carbons (Fsp3) is 0.0952. The summed E-state index contributed by atoms with van der Waals surface area (Å²) in [6, 6.07) is 18.5. The van der Waals surface area contributed by atoms with Crippen molar-refractivity contribution in [2.24, 2.45) is 0 Å². The molecular formula is C21H16BrN3OS. The van der Waals surface area contributed by atoms with Crippen molar-refractivity contribution in [2.75, 3.05) is 12.4 Å². The molecule has 0 saturated heterocycles. The number of ether oxygens (including phenoxy) is 1. The molecule has 0 aliphatic carbocycles. The quantitative estimate of drug-likeness (QED) is 0.431. The van der Waals surface area contributed by atoms with E-state index in [0.717, 1.165) is 38.5 Å². The number of imidazole rings is 1. The van der Waals surface area contributed by atoms with E-state index in [1.54, 1.807) is 18.4 Å². The van der Waals surface area contributed by atoms with Crippen molar-refractivity contribution in [3.63, 3.8) is 0 Å². The van der Waals surface area contributed by atoms with Crippen molar-refractivity contribution in [2.45, 2.75) is 6.04 Å². The maximum atomic E-state index is 5.68. The molecule has 27 heavy (non-hydrogen) atoms. The van der Waals surface area contributed by atoms with Crippen LogP contribution in [0, 0.1) is 0 Å². The van der Waals surface area contributed by atoms with Gasteiger partial charge in [-0.15, -0.1) is 11.3 Å². The second-order valence-corrected chi connectivity index (χ2v) is 8.17. The Bertz CT molecular complexity index is 1160. The minimum absolute atomic E-state index is 0.0294. The van der Waals surface area contributed by atoms with Gasteiger partial charge >= 0.3 is 0 Å². The van der Waals surface area contributed by atoms with Crippen LogP contribution in [0.2, 0.25) is 0 Å². The van der Waals surface area contributed by atoms with E-state index in [-0.39, 0.29) is 6.04 Å². The van der Waals surface area contributed by atoms with Crippen molar-refractivity contribution in [3.8, 4) is 5.75 Å². The molecule has 2 aromatic carbocycles. The summed E-state index contributed by atoms with van der Waals surface area (Å²) in [6.07, 6.45) is 2.25. The number of nitrogens with zero attached hydrogens (tertiary/aromatic N) is 2. The first kappa shape index (κ1) is 16.6. The SMILES string of the molecule is COc1ccc(Br)cc1[C@@H]1C=C(c2cccs2)Nc2nc3ccccc3n21. The van der Waals surface area contributed by atoms with Crippen molar-refractivity contribution in [1.82, 2.24) is 9.55 Å². The van der Waals surface area contributed by atoms with Gasteiger partial charge in [0.2, 0.25) is 5.95 Å². The summed E-state index contributed by atoms with van der Waals surface area (Å²) < 4.78 is 8.94. The van der Waals surface area contributed by atoms with Crippen LogP contribution in [0.15, 0.2) is 70.5 Å². The van der Waals surface area contributed by atoms with Gasteiger partial charge in [-0.1, -0.05) is 34.1 Å². The predicted molar refractivity (Wildman–Crippen MR) is 114 cm³/mol. The number of thiophene rings is 1. The zero-order chi connectivity index (χ0) is 18.4. The van der Waals surface area contributed by atoms with Crippen LogP contribution in [0.25, 0.3) is 16.7 Å². The third-order valence-electron chi connectivity index (χ3n) is 4.74. The van der Waals surface area contributed by atoms with Crippen LogP contribution in [0.4, 0.5) is 5.95 Å². The van der Waals surface area contributed by atoms with E-state index in [4.69, 9.17) is 9.72 Å². The largest absolute Gasteiger partial charge is 0.496 e. The van der Waals surface area contributed by atoms with Gasteiger partial charge in [-0.25, -0.2) is 4.98 Å². The number of rotatable bonds is 3. The Morgan fingerprint density at radius 1 is 1.15 bits per heavy atom. The molecule has 134 valence electrons. The summed E-state index contributed by atoms with van der Waals surface area (Å²) in [6.45, 7) is 0.